The zero-order chi connectivity index (χ0) is 29.7. The molecule has 0 saturated heterocycles. The van der Waals surface area contributed by atoms with E-state index in [1.54, 1.807) is 23.1 Å². The fourth-order valence-electron chi connectivity index (χ4n) is 5.05. The number of carbonyl (C=O) groups is 1. The predicted octanol–water partition coefficient (Wildman–Crippen LogP) is 10.9. The predicted molar refractivity (Wildman–Crippen MR) is 183 cm³/mol. The van der Waals surface area contributed by atoms with Gasteiger partial charge in [-0.05, 0) is 60.0 Å². The van der Waals surface area contributed by atoms with E-state index in [0.717, 1.165) is 32.4 Å². The Kier molecular flexibility index (Phi) is 11.7. The molecule has 0 radical (unpaired) electrons. The molecule has 0 aliphatic rings. The number of thioether (sulfide) groups is 1. The summed E-state index contributed by atoms with van der Waals surface area (Å²) in [5.41, 5.74) is 4.79. The van der Waals surface area contributed by atoms with Gasteiger partial charge in [-0.1, -0.05) is 124 Å². The van der Waals surface area contributed by atoms with Gasteiger partial charge in [0.2, 0.25) is 0 Å². The van der Waals surface area contributed by atoms with Crippen molar-refractivity contribution in [3.05, 3.63) is 120 Å². The van der Waals surface area contributed by atoms with E-state index in [1.807, 2.05) is 54.6 Å². The molecule has 0 bridgehead atoms. The van der Waals surface area contributed by atoms with Crippen LogP contribution in [0.25, 0.3) is 10.2 Å². The second kappa shape index (κ2) is 16.3. The van der Waals surface area contributed by atoms with E-state index in [4.69, 9.17) is 9.72 Å². The second-order valence-electron chi connectivity index (χ2n) is 10.8. The van der Waals surface area contributed by atoms with Gasteiger partial charge in [0.15, 0.2) is 4.34 Å². The van der Waals surface area contributed by atoms with Gasteiger partial charge in [0.25, 0.3) is 5.91 Å². The van der Waals surface area contributed by atoms with Crippen molar-refractivity contribution in [2.45, 2.75) is 67.9 Å². The highest BCUT2D eigenvalue weighted by Gasteiger charge is 2.18. The van der Waals surface area contributed by atoms with Crippen LogP contribution in [0.3, 0.4) is 0 Å². The summed E-state index contributed by atoms with van der Waals surface area (Å²) in [4.78, 5) is 17.9. The number of benzene rings is 4. The summed E-state index contributed by atoms with van der Waals surface area (Å²) in [6, 6.07) is 34.4. The normalized spacial score (nSPS) is 11.2. The summed E-state index contributed by atoms with van der Waals surface area (Å²) in [6.45, 7) is 2.97. The molecule has 5 aromatic rings. The molecule has 222 valence electrons. The monoisotopic (exact) mass is 608 g/mol. The lowest BCUT2D eigenvalue weighted by molar-refractivity contribution is 0.102. The molecule has 1 N–H and O–H groups in total. The van der Waals surface area contributed by atoms with Gasteiger partial charge in [-0.2, -0.15) is 0 Å². The fourth-order valence-corrected chi connectivity index (χ4v) is 7.47. The maximum atomic E-state index is 13.0. The SMILES string of the molecule is CCCCCCCCCCOc1ccc(C(=O)Nc2ccc3nc(SC(c4ccccc4)c4ccccc4)sc3c2)cc1. The number of thiazole rings is 1. The van der Waals surface area contributed by atoms with Crippen molar-refractivity contribution in [1.29, 1.82) is 0 Å². The lowest BCUT2D eigenvalue weighted by Gasteiger charge is -2.16. The van der Waals surface area contributed by atoms with Crippen LogP contribution >= 0.6 is 23.1 Å². The number of unbranched alkanes of at least 4 members (excludes halogenated alkanes) is 7. The molecule has 0 spiro atoms. The first-order chi connectivity index (χ1) is 21.2. The number of hydrogen-bond donors (Lipinski definition) is 1. The Morgan fingerprint density at radius 2 is 1.42 bits per heavy atom. The van der Waals surface area contributed by atoms with Crippen LogP contribution in [0.2, 0.25) is 0 Å². The lowest BCUT2D eigenvalue weighted by Crippen LogP contribution is -2.11. The van der Waals surface area contributed by atoms with E-state index in [-0.39, 0.29) is 11.2 Å². The minimum atomic E-state index is -0.138. The number of ether oxygens (including phenoxy) is 1. The summed E-state index contributed by atoms with van der Waals surface area (Å²) < 4.78 is 7.94. The molecule has 1 aromatic heterocycles. The van der Waals surface area contributed by atoms with Gasteiger partial charge < -0.3 is 10.1 Å². The lowest BCUT2D eigenvalue weighted by atomic mass is 10.0. The second-order valence-corrected chi connectivity index (χ2v) is 13.2. The van der Waals surface area contributed by atoms with Gasteiger partial charge in [0.1, 0.15) is 5.75 Å². The summed E-state index contributed by atoms with van der Waals surface area (Å²) in [5.74, 6) is 0.668. The van der Waals surface area contributed by atoms with E-state index in [2.05, 4.69) is 60.8 Å². The van der Waals surface area contributed by atoms with Crippen LogP contribution in [0.1, 0.15) is 85.0 Å². The molecule has 43 heavy (non-hydrogen) atoms. The van der Waals surface area contributed by atoms with Crippen LogP contribution < -0.4 is 10.1 Å². The van der Waals surface area contributed by atoms with E-state index in [0.29, 0.717) is 12.2 Å². The van der Waals surface area contributed by atoms with Crippen molar-refractivity contribution in [3.63, 3.8) is 0 Å². The molecule has 0 unspecified atom stereocenters. The molecule has 1 amide bonds. The first-order valence-electron chi connectivity index (χ1n) is 15.4. The summed E-state index contributed by atoms with van der Waals surface area (Å²) in [7, 11) is 0. The number of nitrogens with one attached hydrogen (secondary N) is 1. The molecule has 0 atom stereocenters. The Balaban J connectivity index is 1.15. The van der Waals surface area contributed by atoms with Crippen LogP contribution in [0.15, 0.2) is 107 Å². The number of amides is 1. The highest BCUT2D eigenvalue weighted by atomic mass is 32.2. The Labute approximate surface area is 263 Å². The third-order valence-corrected chi connectivity index (χ3v) is 9.86. The summed E-state index contributed by atoms with van der Waals surface area (Å²) in [5, 5.41) is 3.20. The van der Waals surface area contributed by atoms with Crippen molar-refractivity contribution in [2.24, 2.45) is 0 Å². The smallest absolute Gasteiger partial charge is 0.255 e. The highest BCUT2D eigenvalue weighted by Crippen LogP contribution is 2.43. The van der Waals surface area contributed by atoms with Crippen molar-refractivity contribution in [1.82, 2.24) is 4.98 Å². The quantitative estimate of drug-likeness (QED) is 0.0894. The van der Waals surface area contributed by atoms with Crippen LogP contribution in [0.4, 0.5) is 5.69 Å². The number of hydrogen-bond acceptors (Lipinski definition) is 5. The molecule has 1 heterocycles. The van der Waals surface area contributed by atoms with Crippen LogP contribution in [-0.2, 0) is 0 Å². The molecule has 0 aliphatic heterocycles. The Morgan fingerprint density at radius 1 is 0.791 bits per heavy atom. The average Bonchev–Trinajstić information content (AvgIpc) is 3.46. The minimum absolute atomic E-state index is 0.138. The number of anilines is 1. The molecular weight excluding hydrogens is 569 g/mol. The van der Waals surface area contributed by atoms with E-state index in [1.165, 1.54) is 56.1 Å². The summed E-state index contributed by atoms with van der Waals surface area (Å²) >= 11 is 3.41. The average molecular weight is 609 g/mol. The zero-order valence-corrected chi connectivity index (χ0v) is 26.5. The van der Waals surface area contributed by atoms with Gasteiger partial charge in [-0.25, -0.2) is 4.98 Å². The van der Waals surface area contributed by atoms with E-state index in [9.17, 15) is 4.79 Å². The largest absolute Gasteiger partial charge is 0.494 e. The number of aromatic nitrogens is 1. The van der Waals surface area contributed by atoms with Gasteiger partial charge in [0, 0.05) is 11.3 Å². The maximum absolute atomic E-state index is 13.0. The Hall–Kier alpha value is -3.61. The molecular formula is C37H40N2O2S2. The zero-order valence-electron chi connectivity index (χ0n) is 24.8. The van der Waals surface area contributed by atoms with E-state index >= 15 is 0 Å². The fraction of sp³-hybridized carbons (Fsp3) is 0.297. The van der Waals surface area contributed by atoms with Crippen molar-refractivity contribution >= 4 is 44.9 Å². The topological polar surface area (TPSA) is 51.2 Å². The van der Waals surface area contributed by atoms with Crippen molar-refractivity contribution in [3.8, 4) is 5.75 Å². The third kappa shape index (κ3) is 9.19. The molecule has 0 aliphatic carbocycles. The third-order valence-electron chi connectivity index (χ3n) is 7.43. The molecule has 0 saturated carbocycles. The number of fused-ring (bicyclic) bond motifs is 1. The number of rotatable bonds is 16. The van der Waals surface area contributed by atoms with Crippen molar-refractivity contribution < 1.29 is 9.53 Å². The summed E-state index contributed by atoms with van der Waals surface area (Å²) in [6.07, 6.45) is 10.2. The molecule has 6 heteroatoms. The molecule has 0 fully saturated rings. The van der Waals surface area contributed by atoms with Gasteiger partial charge in [-0.15, -0.1) is 11.3 Å². The standard InChI is InChI=1S/C37H40N2O2S2/c1-2-3-4-5-6-7-8-15-26-41-32-23-20-30(21-24-32)36(40)38-31-22-25-33-34(27-31)42-37(39-33)43-35(28-16-11-9-12-17-28)29-18-13-10-14-19-29/h9-14,16-25,27,35H,2-8,15,26H2,1H3,(H,38,40). The first kappa shape index (κ1) is 30.8. The minimum Gasteiger partial charge on any atom is -0.494 e. The molecule has 4 aromatic carbocycles. The Morgan fingerprint density at radius 3 is 2.07 bits per heavy atom. The maximum Gasteiger partial charge on any atom is 0.255 e. The van der Waals surface area contributed by atoms with Gasteiger partial charge >= 0.3 is 0 Å². The Bertz CT molecular complexity index is 1510. The van der Waals surface area contributed by atoms with Gasteiger partial charge in [0.05, 0.1) is 22.1 Å². The number of nitrogens with zero attached hydrogens (tertiary/aromatic N) is 1. The van der Waals surface area contributed by atoms with Crippen LogP contribution in [-0.4, -0.2) is 17.5 Å². The van der Waals surface area contributed by atoms with Crippen LogP contribution in [0.5, 0.6) is 5.75 Å². The van der Waals surface area contributed by atoms with E-state index < -0.39 is 0 Å². The molecule has 4 nitrogen and oxygen atoms in total. The highest BCUT2D eigenvalue weighted by molar-refractivity contribution is 8.01. The van der Waals surface area contributed by atoms with Gasteiger partial charge in [-0.3, -0.25) is 4.79 Å². The van der Waals surface area contributed by atoms with Crippen molar-refractivity contribution in [2.75, 3.05) is 11.9 Å². The molecule has 5 rings (SSSR count). The number of carbonyl (C=O) groups excluding carboxylic acids is 1. The first-order valence-corrected chi connectivity index (χ1v) is 17.1. The van der Waals surface area contributed by atoms with Crippen LogP contribution in [0, 0.1) is 0 Å².